The van der Waals surface area contributed by atoms with Gasteiger partial charge in [-0.05, 0) is 30.3 Å². The summed E-state index contributed by atoms with van der Waals surface area (Å²) in [6, 6.07) is 12.2. The Kier molecular flexibility index (Phi) is 5.73. The number of benzene rings is 2. The molecule has 0 aliphatic rings. The van der Waals surface area contributed by atoms with Gasteiger partial charge in [0, 0.05) is 29.6 Å². The first kappa shape index (κ1) is 21.9. The number of halogens is 4. The Balaban J connectivity index is 1.50. The summed E-state index contributed by atoms with van der Waals surface area (Å²) in [6.45, 7) is 0. The summed E-state index contributed by atoms with van der Waals surface area (Å²) in [6.07, 6.45) is -7.27. The van der Waals surface area contributed by atoms with Crippen LogP contribution in [0.2, 0.25) is 0 Å². The lowest BCUT2D eigenvalue weighted by Gasteiger charge is -2.17. The zero-order valence-electron chi connectivity index (χ0n) is 16.4. The predicted molar refractivity (Wildman–Crippen MR) is 109 cm³/mol. The number of amides is 1. The summed E-state index contributed by atoms with van der Waals surface area (Å²) >= 11 is 0. The van der Waals surface area contributed by atoms with Crippen molar-refractivity contribution in [1.82, 2.24) is 15.0 Å². The van der Waals surface area contributed by atoms with Crippen LogP contribution in [0.3, 0.4) is 0 Å². The second kappa shape index (κ2) is 8.65. The Labute approximate surface area is 182 Å². The van der Waals surface area contributed by atoms with Gasteiger partial charge < -0.3 is 19.8 Å². The number of H-pyrrole nitrogens is 2. The van der Waals surface area contributed by atoms with Crippen LogP contribution in [0.5, 0.6) is 17.2 Å². The molecule has 0 aliphatic heterocycles. The molecule has 0 aliphatic carbocycles. The Morgan fingerprint density at radius 2 is 1.79 bits per heavy atom. The van der Waals surface area contributed by atoms with Crippen molar-refractivity contribution < 1.29 is 31.8 Å². The maximum atomic E-state index is 13.1. The highest BCUT2D eigenvalue weighted by atomic mass is 19.3. The van der Waals surface area contributed by atoms with Crippen molar-refractivity contribution in [3.8, 4) is 17.2 Å². The van der Waals surface area contributed by atoms with E-state index in [1.165, 1.54) is 30.5 Å². The molecule has 2 heterocycles. The fraction of sp³-hybridized carbons (Fsp3) is 0.0952. The topological polar surface area (TPSA) is 109 Å². The minimum Gasteiger partial charge on any atom is -0.455 e. The van der Waals surface area contributed by atoms with Crippen LogP contribution in [-0.2, 0) is 0 Å². The van der Waals surface area contributed by atoms with E-state index in [0.717, 1.165) is 12.1 Å². The van der Waals surface area contributed by atoms with E-state index in [1.54, 1.807) is 18.2 Å². The van der Waals surface area contributed by atoms with Crippen molar-refractivity contribution in [2.45, 2.75) is 12.5 Å². The van der Waals surface area contributed by atoms with Crippen molar-refractivity contribution in [2.24, 2.45) is 0 Å². The quantitative estimate of drug-likeness (QED) is 0.350. The lowest BCUT2D eigenvalue weighted by molar-refractivity contribution is -0.253. The van der Waals surface area contributed by atoms with Gasteiger partial charge in [0.15, 0.2) is 11.4 Å². The van der Waals surface area contributed by atoms with Gasteiger partial charge in [-0.3, -0.25) is 9.78 Å². The smallest absolute Gasteiger partial charge is 0.455 e. The minimum absolute atomic E-state index is 0.0929. The first-order valence-electron chi connectivity index (χ1n) is 9.32. The molecule has 3 N–H and O–H groups in total. The van der Waals surface area contributed by atoms with E-state index >= 15 is 0 Å². The summed E-state index contributed by atoms with van der Waals surface area (Å²) in [7, 11) is 0. The van der Waals surface area contributed by atoms with E-state index in [9.17, 15) is 27.2 Å². The minimum atomic E-state index is -4.69. The van der Waals surface area contributed by atoms with Crippen LogP contribution < -0.4 is 20.5 Å². The number of fused-ring (bicyclic) bond motifs is 1. The summed E-state index contributed by atoms with van der Waals surface area (Å²) in [5, 5.41) is 2.55. The van der Waals surface area contributed by atoms with E-state index in [4.69, 9.17) is 4.74 Å². The Bertz CT molecular complexity index is 1370. The highest BCUT2D eigenvalue weighted by Crippen LogP contribution is 2.29. The number of alkyl halides is 4. The average Bonchev–Trinajstić information content (AvgIpc) is 3.15. The van der Waals surface area contributed by atoms with Crippen LogP contribution in [0.1, 0.15) is 10.4 Å². The highest BCUT2D eigenvalue weighted by molar-refractivity contribution is 6.04. The van der Waals surface area contributed by atoms with Crippen LogP contribution in [-0.4, -0.2) is 33.4 Å². The number of carbonyl (C=O) groups is 1. The van der Waals surface area contributed by atoms with Gasteiger partial charge >= 0.3 is 18.2 Å². The molecule has 2 aromatic heterocycles. The van der Waals surface area contributed by atoms with Gasteiger partial charge in [0.25, 0.3) is 5.91 Å². The lowest BCUT2D eigenvalue weighted by atomic mass is 10.2. The molecular weight excluding hydrogens is 448 g/mol. The van der Waals surface area contributed by atoms with Gasteiger partial charge in [-0.1, -0.05) is 12.1 Å². The number of anilines is 1. The maximum absolute atomic E-state index is 13.1. The van der Waals surface area contributed by atoms with Crippen LogP contribution in [0.4, 0.5) is 23.2 Å². The van der Waals surface area contributed by atoms with Crippen molar-refractivity contribution >= 4 is 22.8 Å². The number of ether oxygens (including phenoxy) is 2. The van der Waals surface area contributed by atoms with Crippen molar-refractivity contribution in [3.05, 3.63) is 76.8 Å². The zero-order chi connectivity index (χ0) is 23.6. The molecule has 33 heavy (non-hydrogen) atoms. The molecule has 0 atom stereocenters. The van der Waals surface area contributed by atoms with E-state index in [2.05, 4.69) is 25.0 Å². The van der Waals surface area contributed by atoms with E-state index < -0.39 is 29.9 Å². The highest BCUT2D eigenvalue weighted by Gasteiger charge is 2.44. The molecule has 12 heteroatoms. The molecular formula is C21H14F4N4O4. The molecule has 170 valence electrons. The molecule has 0 saturated carbocycles. The first-order chi connectivity index (χ1) is 15.7. The van der Waals surface area contributed by atoms with E-state index in [-0.39, 0.29) is 5.56 Å². The number of hydrogen-bond acceptors (Lipinski definition) is 5. The van der Waals surface area contributed by atoms with Crippen LogP contribution in [0.15, 0.2) is 65.6 Å². The molecule has 4 aromatic rings. The maximum Gasteiger partial charge on any atom is 0.461 e. The lowest BCUT2D eigenvalue weighted by Crippen LogP contribution is -2.33. The van der Waals surface area contributed by atoms with Crippen molar-refractivity contribution in [1.29, 1.82) is 0 Å². The van der Waals surface area contributed by atoms with Gasteiger partial charge in [-0.15, -0.1) is 0 Å². The van der Waals surface area contributed by atoms with Crippen molar-refractivity contribution in [2.75, 3.05) is 5.32 Å². The van der Waals surface area contributed by atoms with Crippen LogP contribution in [0.25, 0.3) is 11.2 Å². The number of rotatable bonds is 7. The SMILES string of the molecule is O=C(Nc1cccc(Oc2ccnc3[nH]c(=O)[nH]c23)c1)c1cccc(OC(F)(F)C(F)F)c1. The number of hydrogen-bond donors (Lipinski definition) is 3. The summed E-state index contributed by atoms with van der Waals surface area (Å²) in [5.41, 5.74) is 0.419. The average molecular weight is 462 g/mol. The fourth-order valence-corrected chi connectivity index (χ4v) is 2.87. The molecule has 4 rings (SSSR count). The molecule has 0 fully saturated rings. The molecule has 2 aromatic carbocycles. The van der Waals surface area contributed by atoms with Crippen LogP contribution >= 0.6 is 0 Å². The number of aromatic nitrogens is 3. The third-order valence-corrected chi connectivity index (χ3v) is 4.31. The van der Waals surface area contributed by atoms with Gasteiger partial charge in [0.1, 0.15) is 17.0 Å². The Morgan fingerprint density at radius 3 is 2.58 bits per heavy atom. The zero-order valence-corrected chi connectivity index (χ0v) is 16.4. The number of carbonyl (C=O) groups excluding carboxylic acids is 1. The van der Waals surface area contributed by atoms with Gasteiger partial charge in [-0.2, -0.15) is 17.6 Å². The number of imidazole rings is 1. The Hall–Kier alpha value is -4.35. The molecule has 0 radical (unpaired) electrons. The molecule has 0 unspecified atom stereocenters. The van der Waals surface area contributed by atoms with Crippen molar-refractivity contribution in [3.63, 3.8) is 0 Å². The largest absolute Gasteiger partial charge is 0.461 e. The number of aromatic amines is 2. The third-order valence-electron chi connectivity index (χ3n) is 4.31. The van der Waals surface area contributed by atoms with Gasteiger partial charge in [-0.25, -0.2) is 9.78 Å². The van der Waals surface area contributed by atoms with E-state index in [0.29, 0.717) is 28.4 Å². The molecule has 0 spiro atoms. The number of nitrogens with zero attached hydrogens (tertiary/aromatic N) is 1. The fourth-order valence-electron chi connectivity index (χ4n) is 2.87. The standard InChI is InChI=1S/C21H14F4N4O4/c22-19(23)21(24,25)33-14-6-1-3-11(9-14)18(30)27-12-4-2-5-13(10-12)32-15-7-8-26-17-16(15)28-20(31)29-17/h1-10,19H,(H,27,30)(H2,26,28,29,31). The monoisotopic (exact) mass is 462 g/mol. The molecule has 1 amide bonds. The predicted octanol–water partition coefficient (Wildman–Crippen LogP) is 4.53. The summed E-state index contributed by atoms with van der Waals surface area (Å²) in [4.78, 5) is 33.1. The second-order valence-electron chi connectivity index (χ2n) is 6.69. The molecule has 0 bridgehead atoms. The van der Waals surface area contributed by atoms with Gasteiger partial charge in [0.05, 0.1) is 0 Å². The first-order valence-corrected chi connectivity index (χ1v) is 9.32. The summed E-state index contributed by atoms with van der Waals surface area (Å²) in [5.74, 6) is -0.658. The third kappa shape index (κ3) is 4.95. The number of nitrogens with one attached hydrogen (secondary N) is 3. The van der Waals surface area contributed by atoms with E-state index in [1.807, 2.05) is 0 Å². The van der Waals surface area contributed by atoms with Gasteiger partial charge in [0.2, 0.25) is 0 Å². The molecule has 8 nitrogen and oxygen atoms in total. The molecule has 0 saturated heterocycles. The van der Waals surface area contributed by atoms with Crippen LogP contribution in [0, 0.1) is 0 Å². The normalized spacial score (nSPS) is 11.5. The second-order valence-corrected chi connectivity index (χ2v) is 6.69. The summed E-state index contributed by atoms with van der Waals surface area (Å²) < 4.78 is 60.7. The number of pyridine rings is 1. The Morgan fingerprint density at radius 1 is 1.03 bits per heavy atom.